The maximum absolute atomic E-state index is 12.6. The van der Waals surface area contributed by atoms with Gasteiger partial charge in [-0.25, -0.2) is 9.59 Å². The van der Waals surface area contributed by atoms with Crippen LogP contribution in [-0.4, -0.2) is 35.0 Å². The first kappa shape index (κ1) is 18.4. The molecule has 1 heterocycles. The van der Waals surface area contributed by atoms with Crippen LogP contribution in [0, 0.1) is 10.1 Å². The number of nitro groups is 1. The molecule has 8 heteroatoms. The number of nitrogens with zero attached hydrogens (tertiary/aromatic N) is 2. The number of amides is 1. The second-order valence-corrected chi connectivity index (χ2v) is 6.08. The van der Waals surface area contributed by atoms with Crippen molar-refractivity contribution < 1.29 is 24.0 Å². The van der Waals surface area contributed by atoms with E-state index in [1.54, 1.807) is 12.1 Å². The second kappa shape index (κ2) is 7.86. The quantitative estimate of drug-likeness (QED) is 0.466. The van der Waals surface area contributed by atoms with E-state index in [1.807, 2.05) is 30.3 Å². The van der Waals surface area contributed by atoms with Crippen molar-refractivity contribution in [1.29, 1.82) is 0 Å². The van der Waals surface area contributed by atoms with E-state index >= 15 is 0 Å². The van der Waals surface area contributed by atoms with Crippen LogP contribution in [0.25, 0.3) is 0 Å². The van der Waals surface area contributed by atoms with E-state index in [4.69, 9.17) is 9.47 Å². The summed E-state index contributed by atoms with van der Waals surface area (Å²) in [6.45, 7) is 0.0935. The number of ether oxygens (including phenoxy) is 2. The lowest BCUT2D eigenvalue weighted by molar-refractivity contribution is -0.385. The van der Waals surface area contributed by atoms with Gasteiger partial charge in [0.05, 0.1) is 18.6 Å². The average Bonchev–Trinajstić information content (AvgIpc) is 2.70. The van der Waals surface area contributed by atoms with Gasteiger partial charge in [-0.3, -0.25) is 15.0 Å². The van der Waals surface area contributed by atoms with E-state index in [1.165, 1.54) is 18.1 Å². The maximum atomic E-state index is 12.6. The van der Waals surface area contributed by atoms with E-state index in [-0.39, 0.29) is 25.3 Å². The molecule has 1 amide bonds. The Morgan fingerprint density at radius 3 is 2.59 bits per heavy atom. The molecule has 1 aliphatic rings. The van der Waals surface area contributed by atoms with Gasteiger partial charge in [0.1, 0.15) is 12.6 Å². The smallest absolute Gasteiger partial charge is 0.411 e. The van der Waals surface area contributed by atoms with E-state index in [2.05, 4.69) is 0 Å². The largest absolute Gasteiger partial charge is 0.467 e. The van der Waals surface area contributed by atoms with E-state index in [9.17, 15) is 19.7 Å². The molecule has 0 radical (unpaired) electrons. The molecule has 0 bridgehead atoms. The van der Waals surface area contributed by atoms with Crippen LogP contribution in [0.5, 0.6) is 0 Å². The highest BCUT2D eigenvalue weighted by Gasteiger charge is 2.39. The fraction of sp³-hybridized carbons (Fsp3) is 0.263. The highest BCUT2D eigenvalue weighted by Crippen LogP contribution is 2.31. The highest BCUT2D eigenvalue weighted by atomic mass is 16.6. The molecule has 0 aromatic heterocycles. The van der Waals surface area contributed by atoms with Gasteiger partial charge in [0.25, 0.3) is 5.69 Å². The average molecular weight is 370 g/mol. The van der Waals surface area contributed by atoms with Crippen molar-refractivity contribution in [2.45, 2.75) is 25.6 Å². The Kier molecular flexibility index (Phi) is 5.35. The van der Waals surface area contributed by atoms with Crippen molar-refractivity contribution in [3.8, 4) is 0 Å². The number of hydrogen-bond donors (Lipinski definition) is 0. The van der Waals surface area contributed by atoms with Crippen LogP contribution in [-0.2, 0) is 33.8 Å². The third kappa shape index (κ3) is 3.89. The van der Waals surface area contributed by atoms with Crippen LogP contribution >= 0.6 is 0 Å². The summed E-state index contributed by atoms with van der Waals surface area (Å²) in [5.74, 6) is -0.643. The summed E-state index contributed by atoms with van der Waals surface area (Å²) >= 11 is 0. The van der Waals surface area contributed by atoms with Gasteiger partial charge in [-0.15, -0.1) is 0 Å². The van der Waals surface area contributed by atoms with E-state index < -0.39 is 23.0 Å². The van der Waals surface area contributed by atoms with Crippen LogP contribution in [0.4, 0.5) is 10.5 Å². The molecule has 140 valence electrons. The van der Waals surface area contributed by atoms with E-state index in [0.29, 0.717) is 11.1 Å². The molecule has 1 atom stereocenters. The molecule has 1 aliphatic heterocycles. The summed E-state index contributed by atoms with van der Waals surface area (Å²) < 4.78 is 10.1. The van der Waals surface area contributed by atoms with Gasteiger partial charge >= 0.3 is 12.1 Å². The molecule has 0 N–H and O–H groups in total. The van der Waals surface area contributed by atoms with Gasteiger partial charge in [0.15, 0.2) is 0 Å². The van der Waals surface area contributed by atoms with Gasteiger partial charge in [-0.2, -0.15) is 0 Å². The molecule has 0 aliphatic carbocycles. The molecule has 8 nitrogen and oxygen atoms in total. The topological polar surface area (TPSA) is 99.0 Å². The van der Waals surface area contributed by atoms with Crippen LogP contribution in [0.1, 0.15) is 16.7 Å². The Balaban J connectivity index is 1.84. The number of nitro benzene ring substituents is 1. The lowest BCUT2D eigenvalue weighted by atomic mass is 9.93. The molecule has 2 aromatic rings. The fourth-order valence-corrected chi connectivity index (χ4v) is 3.11. The molecular weight excluding hydrogens is 352 g/mol. The lowest BCUT2D eigenvalue weighted by Crippen LogP contribution is -2.49. The molecule has 0 spiro atoms. The molecule has 1 unspecified atom stereocenters. The molecule has 27 heavy (non-hydrogen) atoms. The van der Waals surface area contributed by atoms with Crippen molar-refractivity contribution in [1.82, 2.24) is 4.90 Å². The maximum Gasteiger partial charge on any atom is 0.411 e. The molecule has 0 saturated heterocycles. The predicted molar refractivity (Wildman–Crippen MR) is 94.8 cm³/mol. The van der Waals surface area contributed by atoms with Crippen LogP contribution in [0.2, 0.25) is 0 Å². The molecule has 0 fully saturated rings. The lowest BCUT2D eigenvalue weighted by Gasteiger charge is -2.34. The Morgan fingerprint density at radius 2 is 1.93 bits per heavy atom. The van der Waals surface area contributed by atoms with Crippen molar-refractivity contribution in [3.05, 3.63) is 75.3 Å². The number of rotatable bonds is 4. The SMILES string of the molecule is COC(=O)C1Cc2c(cccc2[N+](=O)[O-])CN1C(=O)OCc1ccccc1. The summed E-state index contributed by atoms with van der Waals surface area (Å²) in [6.07, 6.45) is -0.675. The fourth-order valence-electron chi connectivity index (χ4n) is 3.11. The summed E-state index contributed by atoms with van der Waals surface area (Å²) in [5, 5.41) is 11.3. The third-order valence-electron chi connectivity index (χ3n) is 4.47. The summed E-state index contributed by atoms with van der Waals surface area (Å²) in [4.78, 5) is 36.8. The Morgan fingerprint density at radius 1 is 1.19 bits per heavy atom. The molecule has 0 saturated carbocycles. The zero-order valence-corrected chi connectivity index (χ0v) is 14.7. The minimum atomic E-state index is -0.980. The minimum Gasteiger partial charge on any atom is -0.467 e. The van der Waals surface area contributed by atoms with Gasteiger partial charge < -0.3 is 9.47 Å². The predicted octanol–water partition coefficient (Wildman–Crippen LogP) is 2.83. The van der Waals surface area contributed by atoms with Gasteiger partial charge in [-0.1, -0.05) is 42.5 Å². The monoisotopic (exact) mass is 370 g/mol. The first-order valence-corrected chi connectivity index (χ1v) is 8.31. The number of esters is 1. The van der Waals surface area contributed by atoms with Crippen molar-refractivity contribution in [2.75, 3.05) is 7.11 Å². The first-order chi connectivity index (χ1) is 13.0. The summed E-state index contributed by atoms with van der Waals surface area (Å²) in [5.41, 5.74) is 1.79. The minimum absolute atomic E-state index is 0.000400. The van der Waals surface area contributed by atoms with Crippen LogP contribution in [0.3, 0.4) is 0 Å². The van der Waals surface area contributed by atoms with E-state index in [0.717, 1.165) is 5.56 Å². The summed E-state index contributed by atoms with van der Waals surface area (Å²) in [7, 11) is 1.21. The second-order valence-electron chi connectivity index (χ2n) is 6.08. The van der Waals surface area contributed by atoms with Crippen molar-refractivity contribution in [3.63, 3.8) is 0 Å². The number of carbonyl (C=O) groups excluding carboxylic acids is 2. The molecule has 2 aromatic carbocycles. The number of benzene rings is 2. The zero-order valence-electron chi connectivity index (χ0n) is 14.7. The standard InChI is InChI=1S/C19H18N2O6/c1-26-18(22)17-10-15-14(8-5-9-16(15)21(24)25)11-20(17)19(23)27-12-13-6-3-2-4-7-13/h2-9,17H,10-12H2,1H3. The molecular formula is C19H18N2O6. The number of fused-ring (bicyclic) bond motifs is 1. The Hall–Kier alpha value is -3.42. The third-order valence-corrected chi connectivity index (χ3v) is 4.47. The van der Waals surface area contributed by atoms with Gasteiger partial charge in [0, 0.05) is 18.1 Å². The Labute approximate surface area is 155 Å². The van der Waals surface area contributed by atoms with Crippen LogP contribution < -0.4 is 0 Å². The first-order valence-electron chi connectivity index (χ1n) is 8.31. The Bertz CT molecular complexity index is 868. The zero-order chi connectivity index (χ0) is 19.4. The van der Waals surface area contributed by atoms with Gasteiger partial charge in [-0.05, 0) is 11.1 Å². The summed E-state index contributed by atoms with van der Waals surface area (Å²) in [6, 6.07) is 12.8. The normalized spacial score (nSPS) is 15.6. The van der Waals surface area contributed by atoms with Crippen LogP contribution in [0.15, 0.2) is 48.5 Å². The highest BCUT2D eigenvalue weighted by molar-refractivity contribution is 5.82. The van der Waals surface area contributed by atoms with Crippen molar-refractivity contribution in [2.24, 2.45) is 0 Å². The number of carbonyl (C=O) groups is 2. The number of methoxy groups -OCH3 is 1. The van der Waals surface area contributed by atoms with Gasteiger partial charge in [0.2, 0.25) is 0 Å². The molecule has 3 rings (SSSR count). The van der Waals surface area contributed by atoms with Crippen molar-refractivity contribution >= 4 is 17.7 Å². The number of hydrogen-bond acceptors (Lipinski definition) is 6.